The van der Waals surface area contributed by atoms with E-state index in [1.165, 1.54) is 67.3 Å². The van der Waals surface area contributed by atoms with Crippen LogP contribution in [-0.4, -0.2) is 47.3 Å². The van der Waals surface area contributed by atoms with Crippen LogP contribution in [0.1, 0.15) is 18.4 Å². The fourth-order valence-corrected chi connectivity index (χ4v) is 5.69. The Kier molecular flexibility index (Phi) is 8.31. The second-order valence-electron chi connectivity index (χ2n) is 7.41. The van der Waals surface area contributed by atoms with Crippen LogP contribution < -0.4 is 10.2 Å². The van der Waals surface area contributed by atoms with E-state index < -0.39 is 33.0 Å². The Labute approximate surface area is 200 Å². The summed E-state index contributed by atoms with van der Waals surface area (Å²) in [7, 11) is -2.83. The first-order valence-corrected chi connectivity index (χ1v) is 12.6. The van der Waals surface area contributed by atoms with E-state index in [2.05, 4.69) is 5.16 Å². The fraction of sp³-hybridized carbons (Fsp3) is 0.273. The van der Waals surface area contributed by atoms with Crippen molar-refractivity contribution in [1.82, 2.24) is 14.9 Å². The highest BCUT2D eigenvalue weighted by atomic mass is 32.2. The minimum Gasteiger partial charge on any atom is -0.457 e. The lowest BCUT2D eigenvalue weighted by Gasteiger charge is -2.30. The molecule has 12 heteroatoms. The van der Waals surface area contributed by atoms with Gasteiger partial charge in [-0.05, 0) is 55.5 Å². The molecule has 34 heavy (non-hydrogen) atoms. The van der Waals surface area contributed by atoms with Crippen LogP contribution in [0.25, 0.3) is 0 Å². The van der Waals surface area contributed by atoms with Crippen LogP contribution in [0, 0.1) is 12.7 Å². The molecule has 0 aliphatic carbocycles. The van der Waals surface area contributed by atoms with Gasteiger partial charge >= 0.3 is 0 Å². The SMILES string of the molecule is Cc1cc(CSC(C)C(C(=O)NO)N(C)S(=O)(=O)c2ccc(Oc3ccc(F)cc3)cc2)no1. The Hall–Kier alpha value is -2.93. The molecule has 0 aliphatic rings. The first kappa shape index (κ1) is 25.7. The number of likely N-dealkylation sites (N-methyl/N-ethyl adjacent to an activating group) is 1. The molecule has 1 amide bonds. The van der Waals surface area contributed by atoms with Gasteiger partial charge < -0.3 is 9.26 Å². The predicted molar refractivity (Wildman–Crippen MR) is 124 cm³/mol. The average molecular weight is 510 g/mol. The normalized spacial score (nSPS) is 13.5. The summed E-state index contributed by atoms with van der Waals surface area (Å²) in [5, 5.41) is 12.6. The summed E-state index contributed by atoms with van der Waals surface area (Å²) < 4.78 is 51.0. The van der Waals surface area contributed by atoms with Gasteiger partial charge in [0.15, 0.2) is 0 Å². The molecule has 0 saturated carbocycles. The number of carbonyl (C=O) groups excluding carboxylic acids is 1. The number of benzene rings is 2. The summed E-state index contributed by atoms with van der Waals surface area (Å²) in [4.78, 5) is 12.3. The maximum atomic E-state index is 13.2. The van der Waals surface area contributed by atoms with Crippen LogP contribution in [-0.2, 0) is 20.6 Å². The Bertz CT molecular complexity index is 1220. The molecule has 0 bridgehead atoms. The molecule has 9 nitrogen and oxygen atoms in total. The van der Waals surface area contributed by atoms with E-state index in [4.69, 9.17) is 9.26 Å². The quantitative estimate of drug-likeness (QED) is 0.313. The molecule has 2 atom stereocenters. The number of nitrogens with zero attached hydrogens (tertiary/aromatic N) is 2. The van der Waals surface area contributed by atoms with Crippen molar-refractivity contribution in [1.29, 1.82) is 0 Å². The van der Waals surface area contributed by atoms with Gasteiger partial charge in [-0.25, -0.2) is 18.3 Å². The van der Waals surface area contributed by atoms with Gasteiger partial charge in [0.25, 0.3) is 5.91 Å². The molecule has 1 aromatic heterocycles. The molecule has 0 spiro atoms. The first-order chi connectivity index (χ1) is 16.1. The van der Waals surface area contributed by atoms with Gasteiger partial charge in [-0.15, -0.1) is 0 Å². The van der Waals surface area contributed by atoms with Crippen LogP contribution in [0.3, 0.4) is 0 Å². The maximum Gasteiger partial charge on any atom is 0.262 e. The summed E-state index contributed by atoms with van der Waals surface area (Å²) in [5.74, 6) is 0.503. The zero-order valence-corrected chi connectivity index (χ0v) is 20.3. The van der Waals surface area contributed by atoms with Crippen LogP contribution in [0.15, 0.2) is 64.0 Å². The minimum atomic E-state index is -4.10. The first-order valence-electron chi connectivity index (χ1n) is 10.1. The number of thioether (sulfide) groups is 1. The molecule has 0 fully saturated rings. The number of sulfonamides is 1. The maximum absolute atomic E-state index is 13.2. The number of rotatable bonds is 10. The lowest BCUT2D eigenvalue weighted by molar-refractivity contribution is -0.132. The molecule has 3 rings (SSSR count). The van der Waals surface area contributed by atoms with Gasteiger partial charge in [-0.1, -0.05) is 12.1 Å². The van der Waals surface area contributed by atoms with E-state index >= 15 is 0 Å². The number of hydroxylamine groups is 1. The topological polar surface area (TPSA) is 122 Å². The number of halogens is 1. The van der Waals surface area contributed by atoms with Crippen molar-refractivity contribution in [2.24, 2.45) is 0 Å². The van der Waals surface area contributed by atoms with Crippen LogP contribution >= 0.6 is 11.8 Å². The zero-order valence-electron chi connectivity index (χ0n) is 18.6. The number of aryl methyl sites for hydroxylation is 1. The monoisotopic (exact) mass is 509 g/mol. The van der Waals surface area contributed by atoms with Crippen molar-refractivity contribution in [3.8, 4) is 11.5 Å². The van der Waals surface area contributed by atoms with Gasteiger partial charge in [0.1, 0.15) is 29.1 Å². The minimum absolute atomic E-state index is 0.0680. The van der Waals surface area contributed by atoms with Gasteiger partial charge in [0.05, 0.1) is 10.6 Å². The smallest absolute Gasteiger partial charge is 0.262 e. The lowest BCUT2D eigenvalue weighted by Crippen LogP contribution is -2.51. The van der Waals surface area contributed by atoms with Crippen molar-refractivity contribution in [3.05, 3.63) is 71.9 Å². The van der Waals surface area contributed by atoms with Gasteiger partial charge in [0, 0.05) is 24.1 Å². The average Bonchev–Trinajstić information content (AvgIpc) is 3.24. The molecule has 0 radical (unpaired) electrons. The predicted octanol–water partition coefficient (Wildman–Crippen LogP) is 3.73. The largest absolute Gasteiger partial charge is 0.457 e. The van der Waals surface area contributed by atoms with E-state index in [1.54, 1.807) is 25.4 Å². The molecular weight excluding hydrogens is 485 g/mol. The fourth-order valence-electron chi connectivity index (χ4n) is 3.17. The van der Waals surface area contributed by atoms with Crippen LogP contribution in [0.5, 0.6) is 11.5 Å². The highest BCUT2D eigenvalue weighted by molar-refractivity contribution is 7.99. The molecule has 2 unspecified atom stereocenters. The second-order valence-corrected chi connectivity index (χ2v) is 10.8. The number of hydrogen-bond donors (Lipinski definition) is 2. The number of ether oxygens (including phenoxy) is 1. The third-order valence-electron chi connectivity index (χ3n) is 4.94. The van der Waals surface area contributed by atoms with Crippen molar-refractivity contribution >= 4 is 27.7 Å². The number of hydrogen-bond acceptors (Lipinski definition) is 8. The molecular formula is C22H24FN3O6S2. The number of aromatic nitrogens is 1. The van der Waals surface area contributed by atoms with E-state index in [1.807, 2.05) is 0 Å². The van der Waals surface area contributed by atoms with E-state index in [0.717, 1.165) is 4.31 Å². The van der Waals surface area contributed by atoms with Gasteiger partial charge in [0.2, 0.25) is 10.0 Å². The summed E-state index contributed by atoms with van der Waals surface area (Å²) in [5.41, 5.74) is 2.21. The molecule has 0 aliphatic heterocycles. The summed E-state index contributed by atoms with van der Waals surface area (Å²) >= 11 is 1.29. The molecule has 182 valence electrons. The summed E-state index contributed by atoms with van der Waals surface area (Å²) in [6.07, 6.45) is 0. The van der Waals surface area contributed by atoms with Crippen LogP contribution in [0.2, 0.25) is 0 Å². The van der Waals surface area contributed by atoms with Crippen molar-refractivity contribution in [2.45, 2.75) is 35.8 Å². The Morgan fingerprint density at radius 2 is 1.79 bits per heavy atom. The third-order valence-corrected chi connectivity index (χ3v) is 8.04. The standard InChI is InChI=1S/C22H24FN3O6S2/c1-14-12-17(25-32-14)13-33-15(2)21(22(27)24-28)26(3)34(29,30)20-10-8-19(9-11-20)31-18-6-4-16(23)5-7-18/h4-12,15,21,28H,13H2,1-3H3,(H,24,27). The third kappa shape index (κ3) is 6.14. The van der Waals surface area contributed by atoms with Crippen molar-refractivity contribution in [2.75, 3.05) is 7.05 Å². The Morgan fingerprint density at radius 1 is 1.21 bits per heavy atom. The summed E-state index contributed by atoms with van der Waals surface area (Å²) in [6.45, 7) is 3.44. The van der Waals surface area contributed by atoms with E-state index in [0.29, 0.717) is 28.7 Å². The van der Waals surface area contributed by atoms with Gasteiger partial charge in [-0.2, -0.15) is 16.1 Å². The highest BCUT2D eigenvalue weighted by Crippen LogP contribution is 2.28. The molecule has 1 heterocycles. The molecule has 2 aromatic carbocycles. The van der Waals surface area contributed by atoms with Crippen LogP contribution in [0.4, 0.5) is 4.39 Å². The number of amides is 1. The van der Waals surface area contributed by atoms with E-state index in [-0.39, 0.29) is 4.90 Å². The van der Waals surface area contributed by atoms with Crippen molar-refractivity contribution in [3.63, 3.8) is 0 Å². The molecule has 3 aromatic rings. The molecule has 2 N–H and O–H groups in total. The Balaban J connectivity index is 1.75. The Morgan fingerprint density at radius 3 is 2.32 bits per heavy atom. The van der Waals surface area contributed by atoms with Crippen molar-refractivity contribution < 1.29 is 32.1 Å². The molecule has 0 saturated heterocycles. The number of nitrogens with one attached hydrogen (secondary N) is 1. The zero-order chi connectivity index (χ0) is 24.9. The summed E-state index contributed by atoms with van der Waals surface area (Å²) in [6, 6.07) is 11.5. The highest BCUT2D eigenvalue weighted by Gasteiger charge is 2.37. The second kappa shape index (κ2) is 11.0. The van der Waals surface area contributed by atoms with E-state index in [9.17, 15) is 22.8 Å². The number of carbonyl (C=O) groups is 1. The lowest BCUT2D eigenvalue weighted by atomic mass is 10.2. The van der Waals surface area contributed by atoms with Gasteiger partial charge in [-0.3, -0.25) is 10.0 Å².